The molecule has 2 aliphatic rings. The molecule has 0 spiro atoms. The summed E-state index contributed by atoms with van der Waals surface area (Å²) >= 11 is 5.93. The van der Waals surface area contributed by atoms with Crippen LogP contribution in [0.2, 0.25) is 0 Å². The van der Waals surface area contributed by atoms with Crippen molar-refractivity contribution in [2.24, 2.45) is 0 Å². The standard InChI is InChI=1S/C18H24ClNO/c19-12-11-15-8-3-4-13-20(15)18(21)17-10-5-7-14-6-1-2-9-16(14)17/h1-2,6,9,15,17H,3-5,7-8,10-13H2. The fourth-order valence-electron chi connectivity index (χ4n) is 3.93. The van der Waals surface area contributed by atoms with Crippen LogP contribution in [-0.2, 0) is 11.2 Å². The number of nitrogens with zero attached hydrogens (tertiary/aromatic N) is 1. The van der Waals surface area contributed by atoms with E-state index >= 15 is 0 Å². The predicted octanol–water partition coefficient (Wildman–Crippen LogP) is 4.12. The van der Waals surface area contributed by atoms with Crippen LogP contribution in [0.4, 0.5) is 0 Å². The van der Waals surface area contributed by atoms with Crippen molar-refractivity contribution in [3.63, 3.8) is 0 Å². The van der Waals surface area contributed by atoms with Gasteiger partial charge in [0.1, 0.15) is 0 Å². The van der Waals surface area contributed by atoms with Gasteiger partial charge in [0.2, 0.25) is 5.91 Å². The number of amides is 1. The van der Waals surface area contributed by atoms with Crippen LogP contribution in [0, 0.1) is 0 Å². The molecule has 1 fully saturated rings. The van der Waals surface area contributed by atoms with Crippen molar-refractivity contribution in [3.8, 4) is 0 Å². The van der Waals surface area contributed by atoms with E-state index in [1.54, 1.807) is 0 Å². The number of halogens is 1. The smallest absolute Gasteiger partial charge is 0.230 e. The highest BCUT2D eigenvalue weighted by Gasteiger charge is 2.33. The van der Waals surface area contributed by atoms with Gasteiger partial charge in [0.05, 0.1) is 5.92 Å². The number of fused-ring (bicyclic) bond motifs is 1. The van der Waals surface area contributed by atoms with Crippen molar-refractivity contribution >= 4 is 17.5 Å². The first-order chi connectivity index (χ1) is 10.3. The van der Waals surface area contributed by atoms with Crippen molar-refractivity contribution in [2.45, 2.75) is 56.9 Å². The number of rotatable bonds is 3. The molecule has 1 amide bonds. The third kappa shape index (κ3) is 3.11. The lowest BCUT2D eigenvalue weighted by molar-refractivity contribution is -0.137. The maximum atomic E-state index is 13.1. The van der Waals surface area contributed by atoms with Crippen LogP contribution in [0.25, 0.3) is 0 Å². The first kappa shape index (κ1) is 14.9. The predicted molar refractivity (Wildman–Crippen MR) is 86.8 cm³/mol. The minimum Gasteiger partial charge on any atom is -0.339 e. The number of likely N-dealkylation sites (tertiary alicyclic amines) is 1. The maximum absolute atomic E-state index is 13.1. The summed E-state index contributed by atoms with van der Waals surface area (Å²) < 4.78 is 0. The van der Waals surface area contributed by atoms with Crippen LogP contribution in [0.1, 0.15) is 55.6 Å². The summed E-state index contributed by atoms with van der Waals surface area (Å²) in [5.41, 5.74) is 2.64. The highest BCUT2D eigenvalue weighted by molar-refractivity contribution is 6.17. The molecule has 0 radical (unpaired) electrons. The van der Waals surface area contributed by atoms with Gasteiger partial charge in [-0.3, -0.25) is 4.79 Å². The molecular formula is C18H24ClNO. The van der Waals surface area contributed by atoms with Gasteiger partial charge in [0, 0.05) is 18.5 Å². The van der Waals surface area contributed by atoms with Crippen LogP contribution >= 0.6 is 11.6 Å². The summed E-state index contributed by atoms with van der Waals surface area (Å²) in [6, 6.07) is 8.84. The van der Waals surface area contributed by atoms with Gasteiger partial charge in [-0.1, -0.05) is 24.3 Å². The van der Waals surface area contributed by atoms with Crippen LogP contribution in [-0.4, -0.2) is 29.3 Å². The molecule has 3 rings (SSSR count). The molecule has 0 saturated carbocycles. The summed E-state index contributed by atoms with van der Waals surface area (Å²) in [5, 5.41) is 0. The molecule has 2 unspecified atom stereocenters. The number of aryl methyl sites for hydroxylation is 1. The zero-order valence-corrected chi connectivity index (χ0v) is 13.3. The van der Waals surface area contributed by atoms with E-state index in [-0.39, 0.29) is 5.92 Å². The number of piperidine rings is 1. The summed E-state index contributed by atoms with van der Waals surface area (Å²) in [7, 11) is 0. The highest BCUT2D eigenvalue weighted by Crippen LogP contribution is 2.34. The quantitative estimate of drug-likeness (QED) is 0.769. The number of hydrogen-bond donors (Lipinski definition) is 0. The SMILES string of the molecule is O=C(C1CCCc2ccccc21)N1CCCCC1CCCl. The molecule has 1 aliphatic carbocycles. The van der Waals surface area contributed by atoms with Crippen LogP contribution in [0.15, 0.2) is 24.3 Å². The number of alkyl halides is 1. The van der Waals surface area contributed by atoms with E-state index in [0.29, 0.717) is 17.8 Å². The molecule has 1 aliphatic heterocycles. The van der Waals surface area contributed by atoms with Gasteiger partial charge in [0.15, 0.2) is 0 Å². The van der Waals surface area contributed by atoms with E-state index in [4.69, 9.17) is 11.6 Å². The topological polar surface area (TPSA) is 20.3 Å². The molecule has 2 atom stereocenters. The Kier molecular flexibility index (Phi) is 4.84. The van der Waals surface area contributed by atoms with Gasteiger partial charge < -0.3 is 4.90 Å². The zero-order chi connectivity index (χ0) is 14.7. The van der Waals surface area contributed by atoms with Gasteiger partial charge in [-0.15, -0.1) is 11.6 Å². The Morgan fingerprint density at radius 3 is 2.90 bits per heavy atom. The van der Waals surface area contributed by atoms with Gasteiger partial charge in [-0.25, -0.2) is 0 Å². The first-order valence-electron chi connectivity index (χ1n) is 8.25. The number of carbonyl (C=O) groups is 1. The van der Waals surface area contributed by atoms with E-state index in [2.05, 4.69) is 29.2 Å². The molecule has 21 heavy (non-hydrogen) atoms. The number of carbonyl (C=O) groups excluding carboxylic acids is 1. The fourth-order valence-corrected chi connectivity index (χ4v) is 4.18. The Balaban J connectivity index is 1.81. The van der Waals surface area contributed by atoms with Gasteiger partial charge in [-0.2, -0.15) is 0 Å². The fraction of sp³-hybridized carbons (Fsp3) is 0.611. The van der Waals surface area contributed by atoms with E-state index in [0.717, 1.165) is 45.1 Å². The number of benzene rings is 1. The van der Waals surface area contributed by atoms with Crippen LogP contribution in [0.5, 0.6) is 0 Å². The summed E-state index contributed by atoms with van der Waals surface area (Å²) in [6.45, 7) is 0.916. The highest BCUT2D eigenvalue weighted by atomic mass is 35.5. The van der Waals surface area contributed by atoms with Crippen molar-refractivity contribution in [1.82, 2.24) is 4.90 Å². The molecule has 1 aromatic rings. The lowest BCUT2D eigenvalue weighted by Gasteiger charge is -2.39. The second kappa shape index (κ2) is 6.83. The van der Waals surface area contributed by atoms with Gasteiger partial charge in [-0.05, 0) is 56.1 Å². The van der Waals surface area contributed by atoms with E-state index in [1.807, 2.05) is 0 Å². The van der Waals surface area contributed by atoms with Gasteiger partial charge >= 0.3 is 0 Å². The third-order valence-electron chi connectivity index (χ3n) is 5.02. The van der Waals surface area contributed by atoms with Crippen LogP contribution < -0.4 is 0 Å². The average molecular weight is 306 g/mol. The second-order valence-corrected chi connectivity index (χ2v) is 6.68. The molecule has 114 valence electrons. The summed E-state index contributed by atoms with van der Waals surface area (Å²) in [6.07, 6.45) is 7.66. The van der Waals surface area contributed by atoms with Crippen molar-refractivity contribution in [2.75, 3.05) is 12.4 Å². The molecule has 1 aromatic carbocycles. The Bertz CT molecular complexity index is 500. The molecule has 1 heterocycles. The second-order valence-electron chi connectivity index (χ2n) is 6.30. The summed E-state index contributed by atoms with van der Waals surface area (Å²) in [4.78, 5) is 15.2. The zero-order valence-electron chi connectivity index (χ0n) is 12.6. The van der Waals surface area contributed by atoms with E-state index < -0.39 is 0 Å². The minimum absolute atomic E-state index is 0.0749. The molecule has 0 N–H and O–H groups in total. The Morgan fingerprint density at radius 2 is 2.05 bits per heavy atom. The first-order valence-corrected chi connectivity index (χ1v) is 8.79. The Hall–Kier alpha value is -1.02. The normalized spacial score (nSPS) is 25.5. The monoisotopic (exact) mass is 305 g/mol. The maximum Gasteiger partial charge on any atom is 0.230 e. The van der Waals surface area contributed by atoms with Crippen LogP contribution in [0.3, 0.4) is 0 Å². The largest absolute Gasteiger partial charge is 0.339 e. The lowest BCUT2D eigenvalue weighted by Crippen LogP contribution is -2.46. The molecule has 3 heteroatoms. The Labute approximate surface area is 132 Å². The van der Waals surface area contributed by atoms with E-state index in [9.17, 15) is 4.79 Å². The molecule has 2 nitrogen and oxygen atoms in total. The minimum atomic E-state index is 0.0749. The molecular weight excluding hydrogens is 282 g/mol. The molecule has 0 bridgehead atoms. The average Bonchev–Trinajstić information content (AvgIpc) is 2.54. The van der Waals surface area contributed by atoms with Crippen molar-refractivity contribution in [3.05, 3.63) is 35.4 Å². The van der Waals surface area contributed by atoms with E-state index in [1.165, 1.54) is 17.5 Å². The molecule has 0 aromatic heterocycles. The third-order valence-corrected chi connectivity index (χ3v) is 5.24. The Morgan fingerprint density at radius 1 is 1.19 bits per heavy atom. The van der Waals surface area contributed by atoms with Gasteiger partial charge in [0.25, 0.3) is 0 Å². The molecule has 1 saturated heterocycles. The van der Waals surface area contributed by atoms with Crippen molar-refractivity contribution in [1.29, 1.82) is 0 Å². The lowest BCUT2D eigenvalue weighted by atomic mass is 9.81. The summed E-state index contributed by atoms with van der Waals surface area (Å²) in [5.74, 6) is 1.07. The number of hydrogen-bond acceptors (Lipinski definition) is 1. The van der Waals surface area contributed by atoms with Crippen molar-refractivity contribution < 1.29 is 4.79 Å².